The van der Waals surface area contributed by atoms with E-state index in [1.807, 2.05) is 36.4 Å². The third-order valence-electron chi connectivity index (χ3n) is 3.79. The van der Waals surface area contributed by atoms with Gasteiger partial charge in [0.1, 0.15) is 12.4 Å². The van der Waals surface area contributed by atoms with Gasteiger partial charge in [0.2, 0.25) is 0 Å². The number of hydrogen-bond acceptors (Lipinski definition) is 2. The summed E-state index contributed by atoms with van der Waals surface area (Å²) in [5, 5.41) is 11.2. The van der Waals surface area contributed by atoms with E-state index in [4.69, 9.17) is 9.84 Å². The van der Waals surface area contributed by atoms with Crippen molar-refractivity contribution in [2.45, 2.75) is 19.4 Å². The molecule has 3 rings (SSSR count). The first kappa shape index (κ1) is 15.1. The molecular weight excluding hydrogens is 288 g/mol. The maximum Gasteiger partial charge on any atom is 0.303 e. The van der Waals surface area contributed by atoms with Crippen molar-refractivity contribution in [1.29, 1.82) is 0 Å². The van der Waals surface area contributed by atoms with E-state index >= 15 is 0 Å². The van der Waals surface area contributed by atoms with E-state index in [0.717, 1.165) is 16.9 Å². The van der Waals surface area contributed by atoms with Crippen LogP contribution in [0.25, 0.3) is 10.8 Å². The molecular formula is C20H18O3. The summed E-state index contributed by atoms with van der Waals surface area (Å²) in [7, 11) is 0. The molecule has 0 radical (unpaired) electrons. The fourth-order valence-corrected chi connectivity index (χ4v) is 2.58. The summed E-state index contributed by atoms with van der Waals surface area (Å²) in [6.07, 6.45) is 0.583. The zero-order chi connectivity index (χ0) is 16.1. The predicted molar refractivity (Wildman–Crippen MR) is 90.7 cm³/mol. The van der Waals surface area contributed by atoms with Crippen LogP contribution in [-0.2, 0) is 17.8 Å². The second-order valence-electron chi connectivity index (χ2n) is 5.47. The zero-order valence-corrected chi connectivity index (χ0v) is 12.7. The minimum absolute atomic E-state index is 0.107. The monoisotopic (exact) mass is 306 g/mol. The number of rotatable bonds is 6. The predicted octanol–water partition coefficient (Wildman–Crippen LogP) is 4.44. The van der Waals surface area contributed by atoms with Gasteiger partial charge in [-0.3, -0.25) is 4.79 Å². The molecule has 23 heavy (non-hydrogen) atoms. The topological polar surface area (TPSA) is 46.5 Å². The molecule has 3 heteroatoms. The van der Waals surface area contributed by atoms with E-state index in [0.29, 0.717) is 13.0 Å². The zero-order valence-electron chi connectivity index (χ0n) is 12.7. The molecule has 0 bridgehead atoms. The first-order valence-corrected chi connectivity index (χ1v) is 7.62. The van der Waals surface area contributed by atoms with Crippen molar-refractivity contribution in [3.8, 4) is 5.75 Å². The lowest BCUT2D eigenvalue weighted by atomic mass is 10.1. The highest BCUT2D eigenvalue weighted by Gasteiger charge is 2.06. The number of para-hydroxylation sites is 1. The standard InChI is InChI=1S/C20H18O3/c21-20(22)12-11-17-6-3-4-8-19(17)23-14-15-9-10-16-5-1-2-7-18(16)13-15/h1-10,13H,11-12,14H2,(H,21,22). The van der Waals surface area contributed by atoms with Crippen molar-refractivity contribution in [1.82, 2.24) is 0 Å². The number of carboxylic acid groups (broad SMARTS) is 1. The van der Waals surface area contributed by atoms with Gasteiger partial charge < -0.3 is 9.84 Å². The third-order valence-corrected chi connectivity index (χ3v) is 3.79. The Morgan fingerprint density at radius 2 is 1.65 bits per heavy atom. The first-order valence-electron chi connectivity index (χ1n) is 7.62. The summed E-state index contributed by atoms with van der Waals surface area (Å²) in [6, 6.07) is 22.1. The molecule has 0 aliphatic rings. The average Bonchev–Trinajstić information content (AvgIpc) is 2.58. The van der Waals surface area contributed by atoms with Gasteiger partial charge in [-0.15, -0.1) is 0 Å². The van der Waals surface area contributed by atoms with Crippen molar-refractivity contribution in [2.75, 3.05) is 0 Å². The van der Waals surface area contributed by atoms with E-state index in [1.165, 1.54) is 10.8 Å². The van der Waals surface area contributed by atoms with Crippen LogP contribution in [0.15, 0.2) is 66.7 Å². The van der Waals surface area contributed by atoms with Crippen molar-refractivity contribution >= 4 is 16.7 Å². The van der Waals surface area contributed by atoms with Crippen molar-refractivity contribution < 1.29 is 14.6 Å². The van der Waals surface area contributed by atoms with Gasteiger partial charge in [-0.05, 0) is 40.5 Å². The molecule has 0 atom stereocenters. The highest BCUT2D eigenvalue weighted by molar-refractivity contribution is 5.82. The normalized spacial score (nSPS) is 10.6. The van der Waals surface area contributed by atoms with Gasteiger partial charge in [0.05, 0.1) is 0 Å². The maximum absolute atomic E-state index is 10.7. The molecule has 116 valence electrons. The molecule has 3 aromatic rings. The van der Waals surface area contributed by atoms with Crippen molar-refractivity contribution in [2.24, 2.45) is 0 Å². The lowest BCUT2D eigenvalue weighted by Crippen LogP contribution is -2.01. The third kappa shape index (κ3) is 3.89. The van der Waals surface area contributed by atoms with E-state index in [-0.39, 0.29) is 6.42 Å². The Bertz CT molecular complexity index is 824. The molecule has 0 saturated carbocycles. The van der Waals surface area contributed by atoms with E-state index in [2.05, 4.69) is 30.3 Å². The smallest absolute Gasteiger partial charge is 0.303 e. The number of carbonyl (C=O) groups is 1. The first-order chi connectivity index (χ1) is 11.2. The number of aliphatic carboxylic acids is 1. The van der Waals surface area contributed by atoms with Crippen LogP contribution in [0.2, 0.25) is 0 Å². The molecule has 0 spiro atoms. The Morgan fingerprint density at radius 1 is 0.913 bits per heavy atom. The molecule has 3 aromatic carbocycles. The van der Waals surface area contributed by atoms with Crippen LogP contribution in [0.4, 0.5) is 0 Å². The fourth-order valence-electron chi connectivity index (χ4n) is 2.58. The van der Waals surface area contributed by atoms with Crippen LogP contribution in [0.1, 0.15) is 17.5 Å². The number of fused-ring (bicyclic) bond motifs is 1. The van der Waals surface area contributed by atoms with Gasteiger partial charge in [0, 0.05) is 6.42 Å². The summed E-state index contributed by atoms with van der Waals surface area (Å²) in [6.45, 7) is 0.467. The van der Waals surface area contributed by atoms with Crippen molar-refractivity contribution in [3.63, 3.8) is 0 Å². The molecule has 0 fully saturated rings. The summed E-state index contributed by atoms with van der Waals surface area (Å²) >= 11 is 0. The van der Waals surface area contributed by atoms with Crippen LogP contribution < -0.4 is 4.74 Å². The van der Waals surface area contributed by atoms with Crippen LogP contribution in [-0.4, -0.2) is 11.1 Å². The molecule has 0 aromatic heterocycles. The minimum atomic E-state index is -0.797. The minimum Gasteiger partial charge on any atom is -0.489 e. The summed E-state index contributed by atoms with van der Waals surface area (Å²) in [5.41, 5.74) is 2.02. The lowest BCUT2D eigenvalue weighted by molar-refractivity contribution is -0.136. The Labute approximate surface area is 135 Å². The van der Waals surface area contributed by atoms with Gasteiger partial charge in [-0.25, -0.2) is 0 Å². The van der Waals surface area contributed by atoms with Gasteiger partial charge >= 0.3 is 5.97 Å². The van der Waals surface area contributed by atoms with Crippen LogP contribution in [0.5, 0.6) is 5.75 Å². The van der Waals surface area contributed by atoms with Crippen LogP contribution in [0, 0.1) is 0 Å². The van der Waals surface area contributed by atoms with Crippen LogP contribution >= 0.6 is 0 Å². The second-order valence-corrected chi connectivity index (χ2v) is 5.47. The summed E-state index contributed by atoms with van der Waals surface area (Å²) in [5.74, 6) is -0.0451. The highest BCUT2D eigenvalue weighted by Crippen LogP contribution is 2.22. The Morgan fingerprint density at radius 3 is 2.48 bits per heavy atom. The largest absolute Gasteiger partial charge is 0.489 e. The number of hydrogen-bond donors (Lipinski definition) is 1. The van der Waals surface area contributed by atoms with E-state index in [1.54, 1.807) is 0 Å². The highest BCUT2D eigenvalue weighted by atomic mass is 16.5. The second kappa shape index (κ2) is 6.97. The molecule has 3 nitrogen and oxygen atoms in total. The Kier molecular flexibility index (Phi) is 4.57. The SMILES string of the molecule is O=C(O)CCc1ccccc1OCc1ccc2ccccc2c1. The number of benzene rings is 3. The molecule has 1 N–H and O–H groups in total. The van der Waals surface area contributed by atoms with Gasteiger partial charge in [0.25, 0.3) is 0 Å². The molecule has 0 saturated heterocycles. The molecule has 0 unspecified atom stereocenters. The van der Waals surface area contributed by atoms with Gasteiger partial charge in [0.15, 0.2) is 0 Å². The maximum atomic E-state index is 10.7. The Balaban J connectivity index is 1.73. The molecule has 0 amide bonds. The number of ether oxygens (including phenoxy) is 1. The van der Waals surface area contributed by atoms with Crippen LogP contribution in [0.3, 0.4) is 0 Å². The number of carboxylic acids is 1. The Hall–Kier alpha value is -2.81. The summed E-state index contributed by atoms with van der Waals surface area (Å²) in [4.78, 5) is 10.7. The summed E-state index contributed by atoms with van der Waals surface area (Å²) < 4.78 is 5.91. The quantitative estimate of drug-likeness (QED) is 0.732. The van der Waals surface area contributed by atoms with E-state index < -0.39 is 5.97 Å². The fraction of sp³-hybridized carbons (Fsp3) is 0.150. The van der Waals surface area contributed by atoms with Gasteiger partial charge in [-0.2, -0.15) is 0 Å². The van der Waals surface area contributed by atoms with Gasteiger partial charge in [-0.1, -0.05) is 54.6 Å². The molecule has 0 aliphatic heterocycles. The number of aryl methyl sites for hydroxylation is 1. The average molecular weight is 306 g/mol. The van der Waals surface area contributed by atoms with Crippen molar-refractivity contribution in [3.05, 3.63) is 77.9 Å². The lowest BCUT2D eigenvalue weighted by Gasteiger charge is -2.11. The molecule has 0 aliphatic carbocycles. The van der Waals surface area contributed by atoms with E-state index in [9.17, 15) is 4.79 Å². The molecule has 0 heterocycles.